The first-order chi connectivity index (χ1) is 61.4. The zero-order chi connectivity index (χ0) is 81.7. The molecule has 10 heteroatoms. The van der Waals surface area contributed by atoms with Crippen molar-refractivity contribution in [3.8, 4) is 96.3 Å². The van der Waals surface area contributed by atoms with Gasteiger partial charge in [0.2, 0.25) is 0 Å². The Balaban J connectivity index is 0.000000141. The van der Waals surface area contributed by atoms with Gasteiger partial charge in [-0.1, -0.05) is 315 Å². The number of nitrogens with zero attached hydrogens (tertiary/aromatic N) is 8. The Morgan fingerprint density at radius 3 is 1.07 bits per heavy atom. The van der Waals surface area contributed by atoms with Gasteiger partial charge in [0.05, 0.1) is 16.7 Å². The van der Waals surface area contributed by atoms with Crippen LogP contribution in [0.1, 0.15) is 0 Å². The van der Waals surface area contributed by atoms with Gasteiger partial charge in [-0.05, 0) is 185 Å². The smallest absolute Gasteiger partial charge is 0.164 e. The van der Waals surface area contributed by atoms with Crippen molar-refractivity contribution >= 4 is 147 Å². The van der Waals surface area contributed by atoms with Crippen molar-refractivity contribution in [2.75, 3.05) is 4.90 Å². The van der Waals surface area contributed by atoms with E-state index in [2.05, 4.69) is 404 Å². The summed E-state index contributed by atoms with van der Waals surface area (Å²) in [4.78, 5) is 32.9. The highest BCUT2D eigenvalue weighted by Crippen LogP contribution is 2.48. The fraction of sp³-hybridized carbons (Fsp3) is 0. The van der Waals surface area contributed by atoms with E-state index >= 15 is 0 Å². The summed E-state index contributed by atoms with van der Waals surface area (Å²) in [6.45, 7) is 0. The first kappa shape index (κ1) is 71.3. The third kappa shape index (κ3) is 12.6. The van der Waals surface area contributed by atoms with E-state index < -0.39 is 0 Å². The lowest BCUT2D eigenvalue weighted by Gasteiger charge is -2.27. The third-order valence-corrected chi connectivity index (χ3v) is 24.2. The van der Waals surface area contributed by atoms with Gasteiger partial charge in [0.15, 0.2) is 34.9 Å². The molecule has 0 saturated carbocycles. The maximum atomic E-state index is 6.96. The second-order valence-electron chi connectivity index (χ2n) is 31.6. The topological polar surface area (TPSA) is 112 Å². The second-order valence-corrected chi connectivity index (χ2v) is 31.6. The number of para-hydroxylation sites is 2. The Bertz CT molecular complexity index is 8480. The van der Waals surface area contributed by atoms with Crippen molar-refractivity contribution in [1.29, 1.82) is 0 Å². The van der Waals surface area contributed by atoms with Gasteiger partial charge in [0.25, 0.3) is 0 Å². The first-order valence-corrected chi connectivity index (χ1v) is 41.8. The van der Waals surface area contributed by atoms with Crippen LogP contribution in [0.25, 0.3) is 227 Å². The van der Waals surface area contributed by atoms with Gasteiger partial charge < -0.3 is 18.3 Å². The normalized spacial score (nSPS) is 11.7. The van der Waals surface area contributed by atoms with Gasteiger partial charge in [-0.25, -0.2) is 29.9 Å². The van der Waals surface area contributed by atoms with Crippen LogP contribution < -0.4 is 4.90 Å². The molecule has 0 aliphatic heterocycles. The number of anilines is 3. The predicted molar refractivity (Wildman–Crippen MR) is 512 cm³/mol. The molecule has 578 valence electrons. The summed E-state index contributed by atoms with van der Waals surface area (Å²) >= 11 is 0. The van der Waals surface area contributed by atoms with Crippen LogP contribution in [0.3, 0.4) is 0 Å². The van der Waals surface area contributed by atoms with E-state index in [0.717, 1.165) is 160 Å². The zero-order valence-electron chi connectivity index (χ0n) is 66.8. The Labute approximate surface area is 711 Å². The maximum Gasteiger partial charge on any atom is 0.164 e. The standard InChI is InChI=1S/C61H38N4O.C53H32N4O/c1-2-12-39(13-3-1)43-26-30-50(31-27-43)65(51-32-28-42-16-6-9-19-46(42)36-51)55-38-57-58(53-21-11-10-20-52(53)55)54-33-29-49(37-56(54)66-57)61-63-59(47-24-22-40-14-4-7-17-44(40)34-47)62-60(64-61)48-25-23-41-15-5-8-18-45(41)35-48;1-3-14-34(15-4-1)51-54-52(37-24-23-33-13-7-8-16-35(33)29-37)56-53(55-51)38-25-27-43-48(31-38)58-49-32-44(40-19-9-10-21-42(40)50(43)49)36-26-28-47-45(30-36)41-20-11-12-22-46(41)57(47)39-17-5-2-6-18-39/h1-38H;1-32H. The highest BCUT2D eigenvalue weighted by molar-refractivity contribution is 6.25. The Morgan fingerprint density at radius 1 is 0.194 bits per heavy atom. The van der Waals surface area contributed by atoms with E-state index in [9.17, 15) is 0 Å². The molecule has 0 unspecified atom stereocenters. The number of hydrogen-bond donors (Lipinski definition) is 0. The molecule has 20 aromatic carbocycles. The molecule has 5 heterocycles. The molecule has 25 aromatic rings. The lowest BCUT2D eigenvalue weighted by atomic mass is 9.94. The molecule has 10 nitrogen and oxygen atoms in total. The molecule has 0 bridgehead atoms. The molecule has 124 heavy (non-hydrogen) atoms. The summed E-state index contributed by atoms with van der Waals surface area (Å²) in [5.74, 6) is 3.63. The van der Waals surface area contributed by atoms with Crippen LogP contribution in [0.15, 0.2) is 433 Å². The molecule has 0 aliphatic carbocycles. The summed E-state index contributed by atoms with van der Waals surface area (Å²) in [5.41, 5.74) is 19.9. The van der Waals surface area contributed by atoms with Crippen LogP contribution >= 0.6 is 0 Å². The molecule has 0 amide bonds. The summed E-state index contributed by atoms with van der Waals surface area (Å²) < 4.78 is 16.1. The van der Waals surface area contributed by atoms with Gasteiger partial charge in [0, 0.05) is 94.2 Å². The molecule has 0 radical (unpaired) electrons. The van der Waals surface area contributed by atoms with Crippen molar-refractivity contribution in [3.05, 3.63) is 425 Å². The van der Waals surface area contributed by atoms with Gasteiger partial charge in [-0.15, -0.1) is 0 Å². The van der Waals surface area contributed by atoms with E-state index in [0.29, 0.717) is 34.9 Å². The van der Waals surface area contributed by atoms with E-state index in [4.69, 9.17) is 38.7 Å². The van der Waals surface area contributed by atoms with E-state index in [1.165, 1.54) is 48.9 Å². The largest absolute Gasteiger partial charge is 0.456 e. The molecular weight excluding hydrogens is 1510 g/mol. The highest BCUT2D eigenvalue weighted by Gasteiger charge is 2.25. The highest BCUT2D eigenvalue weighted by atomic mass is 16.3. The Kier molecular flexibility index (Phi) is 17.0. The number of furan rings is 2. The summed E-state index contributed by atoms with van der Waals surface area (Å²) in [5, 5.41) is 20.5. The van der Waals surface area contributed by atoms with Crippen LogP contribution in [-0.4, -0.2) is 34.5 Å². The van der Waals surface area contributed by atoms with E-state index in [-0.39, 0.29) is 0 Å². The number of hydrogen-bond acceptors (Lipinski definition) is 9. The van der Waals surface area contributed by atoms with Gasteiger partial charge in [-0.3, -0.25) is 0 Å². The molecule has 0 aliphatic rings. The van der Waals surface area contributed by atoms with Crippen LogP contribution in [0, 0.1) is 0 Å². The molecule has 0 fully saturated rings. The fourth-order valence-electron chi connectivity index (χ4n) is 18.2. The number of fused-ring (bicyclic) bond motifs is 17. The summed E-state index contributed by atoms with van der Waals surface area (Å²) in [6, 6.07) is 149. The van der Waals surface area contributed by atoms with E-state index in [1.54, 1.807) is 0 Å². The quantitative estimate of drug-likeness (QED) is 0.118. The maximum absolute atomic E-state index is 6.96. The van der Waals surface area contributed by atoms with Gasteiger partial charge >= 0.3 is 0 Å². The lowest BCUT2D eigenvalue weighted by Crippen LogP contribution is -2.10. The third-order valence-electron chi connectivity index (χ3n) is 24.2. The Morgan fingerprint density at radius 2 is 0.548 bits per heavy atom. The lowest BCUT2D eigenvalue weighted by molar-refractivity contribution is 0.669. The van der Waals surface area contributed by atoms with Crippen LogP contribution in [0.2, 0.25) is 0 Å². The van der Waals surface area contributed by atoms with Crippen LogP contribution in [0.5, 0.6) is 0 Å². The van der Waals surface area contributed by atoms with Crippen molar-refractivity contribution in [2.24, 2.45) is 0 Å². The minimum Gasteiger partial charge on any atom is -0.456 e. The summed E-state index contributed by atoms with van der Waals surface area (Å²) in [7, 11) is 0. The Hall–Kier alpha value is -16.8. The van der Waals surface area contributed by atoms with Crippen molar-refractivity contribution < 1.29 is 8.83 Å². The SMILES string of the molecule is c1ccc(-c2ccc(N(c3ccc4ccccc4c3)c3cc4oc5cc(-c6nc(-c7ccc8ccccc8c7)nc(-c7ccc8ccccc8c7)n6)ccc5c4c4ccccc34)cc2)cc1.c1ccc(-c2nc(-c3ccc4ccccc4c3)nc(-c3ccc4c(c3)oc3cc(-c5ccc6c(c5)c5ccccc5n6-c5ccccc5)c5ccccc5c34)n2)cc1. The molecule has 0 N–H and O–H groups in total. The van der Waals surface area contributed by atoms with Gasteiger partial charge in [0.1, 0.15) is 22.3 Å². The van der Waals surface area contributed by atoms with Crippen molar-refractivity contribution in [3.63, 3.8) is 0 Å². The van der Waals surface area contributed by atoms with Gasteiger partial charge in [-0.2, -0.15) is 0 Å². The minimum absolute atomic E-state index is 0.575. The first-order valence-electron chi connectivity index (χ1n) is 41.8. The van der Waals surface area contributed by atoms with Crippen LogP contribution in [0.4, 0.5) is 17.1 Å². The average Bonchev–Trinajstić information content (AvgIpc) is 1.55. The van der Waals surface area contributed by atoms with Crippen molar-refractivity contribution in [1.82, 2.24) is 34.5 Å². The molecule has 0 atom stereocenters. The number of rotatable bonds is 12. The second kappa shape index (κ2) is 29.6. The monoisotopic (exact) mass is 1580 g/mol. The fourth-order valence-corrected chi connectivity index (χ4v) is 18.2. The minimum atomic E-state index is 0.575. The van der Waals surface area contributed by atoms with Crippen molar-refractivity contribution in [2.45, 2.75) is 0 Å². The predicted octanol–water partition coefficient (Wildman–Crippen LogP) is 30.4. The molecule has 0 saturated heterocycles. The molecule has 0 spiro atoms. The zero-order valence-corrected chi connectivity index (χ0v) is 66.8. The van der Waals surface area contributed by atoms with Crippen LogP contribution in [-0.2, 0) is 0 Å². The molecule has 5 aromatic heterocycles. The molecule has 25 rings (SSSR count). The van der Waals surface area contributed by atoms with E-state index in [1.807, 2.05) is 30.3 Å². The molecular formula is C114H70N8O2. The number of benzene rings is 20. The number of aromatic nitrogens is 7. The summed E-state index contributed by atoms with van der Waals surface area (Å²) in [6.07, 6.45) is 0. The average molecular weight is 1580 g/mol.